The first-order valence-electron chi connectivity index (χ1n) is 4.73. The summed E-state index contributed by atoms with van der Waals surface area (Å²) < 4.78 is 4.67. The Morgan fingerprint density at radius 1 is 1.79 bits per heavy atom. The third kappa shape index (κ3) is 2.58. The van der Waals surface area contributed by atoms with Crippen molar-refractivity contribution in [3.8, 4) is 0 Å². The van der Waals surface area contributed by atoms with E-state index < -0.39 is 6.09 Å². The van der Waals surface area contributed by atoms with E-state index >= 15 is 0 Å². The predicted octanol–water partition coefficient (Wildman–Crippen LogP) is 1.57. The van der Waals surface area contributed by atoms with Gasteiger partial charge in [0.2, 0.25) is 5.91 Å². The zero-order valence-corrected chi connectivity index (χ0v) is 8.36. The average molecular weight is 197 g/mol. The maximum atomic E-state index is 11.5. The molecule has 0 saturated carbocycles. The molecule has 1 aliphatic heterocycles. The van der Waals surface area contributed by atoms with Crippen LogP contribution in [-0.2, 0) is 9.53 Å². The van der Waals surface area contributed by atoms with Crippen LogP contribution in [0.25, 0.3) is 0 Å². The van der Waals surface area contributed by atoms with Crippen molar-refractivity contribution in [2.75, 3.05) is 13.2 Å². The molecule has 0 aromatic rings. The first-order valence-corrected chi connectivity index (χ1v) is 4.73. The lowest BCUT2D eigenvalue weighted by Crippen LogP contribution is -2.32. The van der Waals surface area contributed by atoms with Crippen LogP contribution in [0.2, 0.25) is 0 Å². The van der Waals surface area contributed by atoms with Gasteiger partial charge in [-0.15, -0.1) is 6.58 Å². The van der Waals surface area contributed by atoms with Gasteiger partial charge in [0.25, 0.3) is 0 Å². The quantitative estimate of drug-likeness (QED) is 0.642. The second kappa shape index (κ2) is 4.79. The molecule has 1 saturated heterocycles. The Balaban J connectivity index is 2.41. The standard InChI is InChI=1S/C10H15NO3/c1-3-4-8(2)7-9(12)11-5-6-14-10(11)13/h3,8H,1,4-7H2,2H3. The molecule has 1 unspecified atom stereocenters. The van der Waals surface area contributed by atoms with Gasteiger partial charge in [0.05, 0.1) is 6.54 Å². The van der Waals surface area contributed by atoms with Gasteiger partial charge in [-0.25, -0.2) is 9.69 Å². The number of hydrogen-bond acceptors (Lipinski definition) is 3. The largest absolute Gasteiger partial charge is 0.447 e. The third-order valence-corrected chi connectivity index (χ3v) is 2.15. The summed E-state index contributed by atoms with van der Waals surface area (Å²) in [6.07, 6.45) is 2.43. The molecule has 1 fully saturated rings. The number of carbonyl (C=O) groups excluding carboxylic acids is 2. The van der Waals surface area contributed by atoms with Crippen molar-refractivity contribution < 1.29 is 14.3 Å². The van der Waals surface area contributed by atoms with Crippen LogP contribution in [0.3, 0.4) is 0 Å². The van der Waals surface area contributed by atoms with Gasteiger partial charge in [-0.3, -0.25) is 4.79 Å². The summed E-state index contributed by atoms with van der Waals surface area (Å²) in [5.74, 6) is 0.0789. The van der Waals surface area contributed by atoms with Crippen LogP contribution in [-0.4, -0.2) is 30.1 Å². The fraction of sp³-hybridized carbons (Fsp3) is 0.600. The molecule has 1 heterocycles. The highest BCUT2D eigenvalue weighted by Gasteiger charge is 2.28. The smallest absolute Gasteiger partial charge is 0.416 e. The van der Waals surface area contributed by atoms with Crippen molar-refractivity contribution in [3.63, 3.8) is 0 Å². The number of carbonyl (C=O) groups is 2. The van der Waals surface area contributed by atoms with Crippen LogP contribution < -0.4 is 0 Å². The summed E-state index contributed by atoms with van der Waals surface area (Å²) in [6, 6.07) is 0. The van der Waals surface area contributed by atoms with Gasteiger partial charge in [0.1, 0.15) is 6.61 Å². The van der Waals surface area contributed by atoms with Crippen LogP contribution >= 0.6 is 0 Å². The molecular weight excluding hydrogens is 182 g/mol. The molecule has 0 aliphatic carbocycles. The molecule has 0 aromatic carbocycles. The van der Waals surface area contributed by atoms with Crippen LogP contribution in [0.1, 0.15) is 19.8 Å². The molecule has 2 amide bonds. The third-order valence-electron chi connectivity index (χ3n) is 2.15. The van der Waals surface area contributed by atoms with Gasteiger partial charge in [-0.1, -0.05) is 13.0 Å². The Hall–Kier alpha value is -1.32. The maximum Gasteiger partial charge on any atom is 0.416 e. The van der Waals surface area contributed by atoms with E-state index in [4.69, 9.17) is 0 Å². The van der Waals surface area contributed by atoms with Crippen LogP contribution in [0.5, 0.6) is 0 Å². The van der Waals surface area contributed by atoms with Crippen molar-refractivity contribution in [3.05, 3.63) is 12.7 Å². The Morgan fingerprint density at radius 3 is 3.00 bits per heavy atom. The molecule has 78 valence electrons. The molecule has 0 spiro atoms. The van der Waals surface area contributed by atoms with E-state index in [1.807, 2.05) is 6.92 Å². The SMILES string of the molecule is C=CCC(C)CC(=O)N1CCOC1=O. The lowest BCUT2D eigenvalue weighted by Gasteiger charge is -2.13. The molecule has 0 aromatic heterocycles. The van der Waals surface area contributed by atoms with Crippen molar-refractivity contribution in [2.45, 2.75) is 19.8 Å². The fourth-order valence-corrected chi connectivity index (χ4v) is 1.40. The number of ether oxygens (including phenoxy) is 1. The summed E-state index contributed by atoms with van der Waals surface area (Å²) in [6.45, 7) is 6.27. The number of cyclic esters (lactones) is 1. The van der Waals surface area contributed by atoms with Gasteiger partial charge >= 0.3 is 6.09 Å². The highest BCUT2D eigenvalue weighted by molar-refractivity contribution is 5.92. The minimum absolute atomic E-state index is 0.151. The highest BCUT2D eigenvalue weighted by Crippen LogP contribution is 2.13. The number of amides is 2. The van der Waals surface area contributed by atoms with Crippen molar-refractivity contribution >= 4 is 12.0 Å². The maximum absolute atomic E-state index is 11.5. The van der Waals surface area contributed by atoms with Gasteiger partial charge in [-0.2, -0.15) is 0 Å². The van der Waals surface area contributed by atoms with Crippen LogP contribution in [0, 0.1) is 5.92 Å². The zero-order valence-electron chi connectivity index (χ0n) is 8.36. The second-order valence-electron chi connectivity index (χ2n) is 3.49. The topological polar surface area (TPSA) is 46.6 Å². The van der Waals surface area contributed by atoms with Crippen molar-refractivity contribution in [2.24, 2.45) is 5.92 Å². The van der Waals surface area contributed by atoms with Gasteiger partial charge in [0.15, 0.2) is 0 Å². The van der Waals surface area contributed by atoms with E-state index in [1.54, 1.807) is 6.08 Å². The lowest BCUT2D eigenvalue weighted by atomic mass is 10.0. The van der Waals surface area contributed by atoms with E-state index in [-0.39, 0.29) is 11.8 Å². The first kappa shape index (κ1) is 10.8. The predicted molar refractivity (Wildman–Crippen MR) is 51.7 cm³/mol. The summed E-state index contributed by atoms with van der Waals surface area (Å²) in [5, 5.41) is 0. The van der Waals surface area contributed by atoms with Gasteiger partial charge in [-0.05, 0) is 12.3 Å². The highest BCUT2D eigenvalue weighted by atomic mass is 16.6. The molecule has 1 aliphatic rings. The number of imide groups is 1. The molecule has 1 atom stereocenters. The average Bonchev–Trinajstić information content (AvgIpc) is 2.51. The molecule has 0 bridgehead atoms. The normalized spacial score (nSPS) is 17.8. The monoisotopic (exact) mass is 197 g/mol. The Kier molecular flexibility index (Phi) is 3.68. The summed E-state index contributed by atoms with van der Waals surface area (Å²) in [4.78, 5) is 23.7. The molecule has 14 heavy (non-hydrogen) atoms. The van der Waals surface area contributed by atoms with E-state index in [9.17, 15) is 9.59 Å². The molecule has 0 radical (unpaired) electrons. The number of hydrogen-bond donors (Lipinski definition) is 0. The number of nitrogens with zero attached hydrogens (tertiary/aromatic N) is 1. The fourth-order valence-electron chi connectivity index (χ4n) is 1.40. The second-order valence-corrected chi connectivity index (χ2v) is 3.49. The molecular formula is C10H15NO3. The van der Waals surface area contributed by atoms with Gasteiger partial charge < -0.3 is 4.74 Å². The van der Waals surface area contributed by atoms with E-state index in [2.05, 4.69) is 11.3 Å². The van der Waals surface area contributed by atoms with E-state index in [0.29, 0.717) is 19.6 Å². The Morgan fingerprint density at radius 2 is 2.50 bits per heavy atom. The minimum atomic E-state index is -0.513. The molecule has 0 N–H and O–H groups in total. The first-order chi connectivity index (χ1) is 6.65. The van der Waals surface area contributed by atoms with Crippen LogP contribution in [0.15, 0.2) is 12.7 Å². The molecule has 4 heteroatoms. The summed E-state index contributed by atoms with van der Waals surface area (Å²) in [7, 11) is 0. The van der Waals surface area contributed by atoms with Crippen LogP contribution in [0.4, 0.5) is 4.79 Å². The number of allylic oxidation sites excluding steroid dienone is 1. The van der Waals surface area contributed by atoms with Crippen molar-refractivity contribution in [1.29, 1.82) is 0 Å². The Labute approximate surface area is 83.5 Å². The minimum Gasteiger partial charge on any atom is -0.447 e. The zero-order chi connectivity index (χ0) is 10.6. The lowest BCUT2D eigenvalue weighted by molar-refractivity contribution is -0.128. The summed E-state index contributed by atoms with van der Waals surface area (Å²) in [5.41, 5.74) is 0. The van der Waals surface area contributed by atoms with Crippen molar-refractivity contribution in [1.82, 2.24) is 4.90 Å². The summed E-state index contributed by atoms with van der Waals surface area (Å²) >= 11 is 0. The molecule has 1 rings (SSSR count). The molecule has 4 nitrogen and oxygen atoms in total. The van der Waals surface area contributed by atoms with Gasteiger partial charge in [0, 0.05) is 6.42 Å². The Bertz CT molecular complexity index is 250. The van der Waals surface area contributed by atoms with E-state index in [0.717, 1.165) is 6.42 Å². The number of rotatable bonds is 4. The van der Waals surface area contributed by atoms with E-state index in [1.165, 1.54) is 4.90 Å².